The second kappa shape index (κ2) is 6.26. The molecule has 0 unspecified atom stereocenters. The first-order valence-electron chi connectivity index (χ1n) is 7.70. The first-order valence-corrected chi connectivity index (χ1v) is 7.70. The summed E-state index contributed by atoms with van der Waals surface area (Å²) in [6.07, 6.45) is 3.71. The normalized spacial score (nSPS) is 11.6. The highest BCUT2D eigenvalue weighted by molar-refractivity contribution is 5.64. The van der Waals surface area contributed by atoms with Gasteiger partial charge in [0.15, 0.2) is 0 Å². The highest BCUT2D eigenvalue weighted by atomic mass is 14.2. The van der Waals surface area contributed by atoms with E-state index in [1.54, 1.807) is 0 Å². The number of aryl methyl sites for hydroxylation is 1. The molecule has 0 saturated carbocycles. The van der Waals surface area contributed by atoms with Gasteiger partial charge in [0.05, 0.1) is 0 Å². The zero-order valence-corrected chi connectivity index (χ0v) is 13.2. The van der Waals surface area contributed by atoms with Crippen molar-refractivity contribution in [1.29, 1.82) is 0 Å². The third kappa shape index (κ3) is 3.72. The van der Waals surface area contributed by atoms with Crippen LogP contribution in [0, 0.1) is 0 Å². The van der Waals surface area contributed by atoms with Gasteiger partial charge in [0, 0.05) is 0 Å². The maximum atomic E-state index is 2.34. The van der Waals surface area contributed by atoms with Gasteiger partial charge >= 0.3 is 0 Å². The van der Waals surface area contributed by atoms with Crippen molar-refractivity contribution in [3.05, 3.63) is 59.7 Å². The van der Waals surface area contributed by atoms with Crippen molar-refractivity contribution in [2.24, 2.45) is 0 Å². The first-order chi connectivity index (χ1) is 9.50. The second-order valence-electron chi connectivity index (χ2n) is 6.63. The van der Waals surface area contributed by atoms with E-state index in [0.29, 0.717) is 0 Å². The van der Waals surface area contributed by atoms with Gasteiger partial charge in [0.2, 0.25) is 0 Å². The molecule has 20 heavy (non-hydrogen) atoms. The van der Waals surface area contributed by atoms with Crippen molar-refractivity contribution in [2.45, 2.75) is 52.4 Å². The molecule has 0 amide bonds. The SMILES string of the molecule is CCCCc1cccc(-c2ccc(C(C)(C)C)cc2)c1. The number of benzene rings is 2. The summed E-state index contributed by atoms with van der Waals surface area (Å²) in [5.41, 5.74) is 5.71. The zero-order chi connectivity index (χ0) is 14.6. The summed E-state index contributed by atoms with van der Waals surface area (Å²) in [4.78, 5) is 0. The van der Waals surface area contributed by atoms with Crippen LogP contribution in [0.5, 0.6) is 0 Å². The average molecular weight is 266 g/mol. The van der Waals surface area contributed by atoms with Gasteiger partial charge in [-0.1, -0.05) is 82.6 Å². The second-order valence-corrected chi connectivity index (χ2v) is 6.63. The molecule has 0 aliphatic carbocycles. The van der Waals surface area contributed by atoms with Gasteiger partial charge in [-0.2, -0.15) is 0 Å². The maximum absolute atomic E-state index is 2.34. The summed E-state index contributed by atoms with van der Waals surface area (Å²) in [5.74, 6) is 0. The molecule has 0 aromatic heterocycles. The van der Waals surface area contributed by atoms with Crippen LogP contribution < -0.4 is 0 Å². The Kier molecular flexibility index (Phi) is 4.65. The predicted octanol–water partition coefficient (Wildman–Crippen LogP) is 5.99. The van der Waals surface area contributed by atoms with Crippen LogP contribution in [0.3, 0.4) is 0 Å². The largest absolute Gasteiger partial charge is 0.0654 e. The Balaban J connectivity index is 2.23. The number of hydrogen-bond donors (Lipinski definition) is 0. The Bertz CT molecular complexity index is 541. The van der Waals surface area contributed by atoms with Crippen LogP contribution in [0.1, 0.15) is 51.7 Å². The van der Waals surface area contributed by atoms with Crippen LogP contribution >= 0.6 is 0 Å². The van der Waals surface area contributed by atoms with E-state index >= 15 is 0 Å². The summed E-state index contributed by atoms with van der Waals surface area (Å²) in [7, 11) is 0. The minimum Gasteiger partial charge on any atom is -0.0654 e. The molecule has 2 rings (SSSR count). The van der Waals surface area contributed by atoms with E-state index in [0.717, 1.165) is 0 Å². The Morgan fingerprint density at radius 2 is 1.55 bits per heavy atom. The highest BCUT2D eigenvalue weighted by Crippen LogP contribution is 2.26. The highest BCUT2D eigenvalue weighted by Gasteiger charge is 2.13. The van der Waals surface area contributed by atoms with Crippen molar-refractivity contribution in [1.82, 2.24) is 0 Å². The summed E-state index contributed by atoms with van der Waals surface area (Å²) in [6, 6.07) is 18.0. The fourth-order valence-electron chi connectivity index (χ4n) is 2.45. The molecule has 0 aliphatic heterocycles. The molecule has 0 radical (unpaired) electrons. The molecule has 0 heteroatoms. The lowest BCUT2D eigenvalue weighted by molar-refractivity contribution is 0.590. The molecular weight excluding hydrogens is 240 g/mol. The summed E-state index contributed by atoms with van der Waals surface area (Å²) in [6.45, 7) is 9.02. The molecule has 106 valence electrons. The molecule has 0 N–H and O–H groups in total. The topological polar surface area (TPSA) is 0 Å². The lowest BCUT2D eigenvalue weighted by Crippen LogP contribution is -2.10. The van der Waals surface area contributed by atoms with E-state index in [9.17, 15) is 0 Å². The number of hydrogen-bond acceptors (Lipinski definition) is 0. The van der Waals surface area contributed by atoms with Crippen LogP contribution in [0.4, 0.5) is 0 Å². The standard InChI is InChI=1S/C20H26/c1-5-6-8-16-9-7-10-18(15-16)17-11-13-19(14-12-17)20(2,3)4/h7,9-15H,5-6,8H2,1-4H3. The van der Waals surface area contributed by atoms with Gasteiger partial charge in [0.25, 0.3) is 0 Å². The average Bonchev–Trinajstić information content (AvgIpc) is 2.45. The van der Waals surface area contributed by atoms with E-state index < -0.39 is 0 Å². The fourth-order valence-corrected chi connectivity index (χ4v) is 2.45. The molecule has 0 saturated heterocycles. The Morgan fingerprint density at radius 3 is 2.15 bits per heavy atom. The predicted molar refractivity (Wildman–Crippen MR) is 89.2 cm³/mol. The molecular formula is C20H26. The molecule has 0 heterocycles. The van der Waals surface area contributed by atoms with E-state index in [1.165, 1.54) is 41.5 Å². The quantitative estimate of drug-likeness (QED) is 0.637. The molecule has 2 aromatic rings. The maximum Gasteiger partial charge on any atom is -0.0132 e. The Hall–Kier alpha value is -1.56. The summed E-state index contributed by atoms with van der Waals surface area (Å²) >= 11 is 0. The van der Waals surface area contributed by atoms with Crippen LogP contribution in [-0.2, 0) is 11.8 Å². The van der Waals surface area contributed by atoms with Crippen molar-refractivity contribution in [3.63, 3.8) is 0 Å². The van der Waals surface area contributed by atoms with E-state index in [2.05, 4.69) is 76.2 Å². The van der Waals surface area contributed by atoms with E-state index in [-0.39, 0.29) is 5.41 Å². The molecule has 0 aliphatic rings. The lowest BCUT2D eigenvalue weighted by atomic mass is 9.86. The first kappa shape index (κ1) is 14.8. The van der Waals surface area contributed by atoms with Crippen LogP contribution in [0.25, 0.3) is 11.1 Å². The van der Waals surface area contributed by atoms with Gasteiger partial charge in [-0.25, -0.2) is 0 Å². The van der Waals surface area contributed by atoms with Crippen molar-refractivity contribution in [3.8, 4) is 11.1 Å². The van der Waals surface area contributed by atoms with Gasteiger partial charge in [-0.3, -0.25) is 0 Å². The van der Waals surface area contributed by atoms with Gasteiger partial charge < -0.3 is 0 Å². The van der Waals surface area contributed by atoms with E-state index in [1.807, 2.05) is 0 Å². The van der Waals surface area contributed by atoms with Gasteiger partial charge in [0.1, 0.15) is 0 Å². The molecule has 0 fully saturated rings. The third-order valence-corrected chi connectivity index (χ3v) is 3.83. The molecule has 2 aromatic carbocycles. The monoisotopic (exact) mass is 266 g/mol. The summed E-state index contributed by atoms with van der Waals surface area (Å²) < 4.78 is 0. The van der Waals surface area contributed by atoms with Crippen molar-refractivity contribution in [2.75, 3.05) is 0 Å². The minimum absolute atomic E-state index is 0.224. The number of rotatable bonds is 4. The van der Waals surface area contributed by atoms with Crippen molar-refractivity contribution < 1.29 is 0 Å². The van der Waals surface area contributed by atoms with Gasteiger partial charge in [-0.15, -0.1) is 0 Å². The smallest absolute Gasteiger partial charge is 0.0132 e. The summed E-state index contributed by atoms with van der Waals surface area (Å²) in [5, 5.41) is 0. The lowest BCUT2D eigenvalue weighted by Gasteiger charge is -2.19. The Labute approximate surface area is 123 Å². The third-order valence-electron chi connectivity index (χ3n) is 3.83. The minimum atomic E-state index is 0.224. The zero-order valence-electron chi connectivity index (χ0n) is 13.2. The molecule has 0 nitrogen and oxygen atoms in total. The fraction of sp³-hybridized carbons (Fsp3) is 0.400. The van der Waals surface area contributed by atoms with Crippen LogP contribution in [0.2, 0.25) is 0 Å². The molecule has 0 spiro atoms. The number of unbranched alkanes of at least 4 members (excludes halogenated alkanes) is 1. The van der Waals surface area contributed by atoms with Crippen molar-refractivity contribution >= 4 is 0 Å². The van der Waals surface area contributed by atoms with Crippen LogP contribution in [0.15, 0.2) is 48.5 Å². The Morgan fingerprint density at radius 1 is 0.850 bits per heavy atom. The molecule has 0 atom stereocenters. The van der Waals surface area contributed by atoms with E-state index in [4.69, 9.17) is 0 Å². The molecule has 0 bridgehead atoms. The van der Waals surface area contributed by atoms with Crippen LogP contribution in [-0.4, -0.2) is 0 Å². The van der Waals surface area contributed by atoms with Gasteiger partial charge in [-0.05, 0) is 40.5 Å².